The molecule has 0 bridgehead atoms. The maximum atomic E-state index is 10.7. The molecule has 4 nitrogen and oxygen atoms in total. The molecule has 0 atom stereocenters. The quantitative estimate of drug-likeness (QED) is 0.295. The van der Waals surface area contributed by atoms with Crippen LogP contribution in [0.3, 0.4) is 0 Å². The minimum Gasteiger partial charge on any atom is -0.463 e. The summed E-state index contributed by atoms with van der Waals surface area (Å²) in [5, 5.41) is 10.7. The molecule has 1 aliphatic rings. The molecule has 1 saturated carbocycles. The number of pyridine rings is 1. The highest BCUT2D eigenvalue weighted by molar-refractivity contribution is 5.68. The van der Waals surface area contributed by atoms with E-state index < -0.39 is 5.60 Å². The fourth-order valence-electron chi connectivity index (χ4n) is 6.01. The van der Waals surface area contributed by atoms with Gasteiger partial charge in [0.05, 0.1) is 5.60 Å². The molecular formula is C32H39NO3. The van der Waals surface area contributed by atoms with E-state index in [1.54, 1.807) is 6.20 Å². The zero-order valence-electron chi connectivity index (χ0n) is 21.9. The van der Waals surface area contributed by atoms with Crippen LogP contribution in [0.25, 0.3) is 11.1 Å². The van der Waals surface area contributed by atoms with Crippen LogP contribution in [0, 0.1) is 6.92 Å². The van der Waals surface area contributed by atoms with Gasteiger partial charge in [-0.25, -0.2) is 0 Å². The Bertz CT molecular complexity index is 1160. The summed E-state index contributed by atoms with van der Waals surface area (Å²) < 4.78 is 4.90. The van der Waals surface area contributed by atoms with Crippen LogP contribution in [0.5, 0.6) is 0 Å². The highest BCUT2D eigenvalue weighted by atomic mass is 16.5. The average Bonchev–Trinajstić information content (AvgIpc) is 3.35. The maximum absolute atomic E-state index is 10.7. The first kappa shape index (κ1) is 26.1. The molecule has 0 unspecified atom stereocenters. The number of aromatic nitrogens is 1. The number of benzene rings is 2. The standard InChI is InChI=1S/C32H39NO3/c1-4-32(5-2,28-10-8-25(9-11-28)14-17-31(35)15-6-7-16-31)29-12-13-30(24(3)18-29)27-19-26(20-33-21-27)22-36-23-34/h8-13,18-21,23,35H,4-7,14-17,22H2,1-3H3. The first-order valence-corrected chi connectivity index (χ1v) is 13.4. The van der Waals surface area contributed by atoms with Crippen LogP contribution in [-0.4, -0.2) is 22.2 Å². The molecule has 4 heteroatoms. The number of rotatable bonds is 11. The molecule has 36 heavy (non-hydrogen) atoms. The normalized spacial score (nSPS) is 15.1. The van der Waals surface area contributed by atoms with E-state index >= 15 is 0 Å². The van der Waals surface area contributed by atoms with Gasteiger partial charge in [0.1, 0.15) is 6.61 Å². The Hall–Kier alpha value is -2.98. The van der Waals surface area contributed by atoms with Crippen LogP contribution in [0.15, 0.2) is 60.9 Å². The lowest BCUT2D eigenvalue weighted by atomic mass is 9.70. The van der Waals surface area contributed by atoms with Crippen LogP contribution >= 0.6 is 0 Å². The van der Waals surface area contributed by atoms with Gasteiger partial charge in [0, 0.05) is 28.9 Å². The third-order valence-electron chi connectivity index (χ3n) is 8.33. The molecule has 1 aromatic heterocycles. The first-order valence-electron chi connectivity index (χ1n) is 13.4. The molecule has 190 valence electrons. The van der Waals surface area contributed by atoms with E-state index in [0.29, 0.717) is 6.47 Å². The molecule has 4 rings (SSSR count). The lowest BCUT2D eigenvalue weighted by molar-refractivity contribution is -0.129. The van der Waals surface area contributed by atoms with Crippen LogP contribution < -0.4 is 0 Å². The summed E-state index contributed by atoms with van der Waals surface area (Å²) in [5.74, 6) is 0. The Morgan fingerprint density at radius 3 is 2.31 bits per heavy atom. The van der Waals surface area contributed by atoms with Gasteiger partial charge in [-0.1, -0.05) is 69.2 Å². The van der Waals surface area contributed by atoms with Gasteiger partial charge < -0.3 is 9.84 Å². The van der Waals surface area contributed by atoms with E-state index in [4.69, 9.17) is 4.74 Å². The van der Waals surface area contributed by atoms with Crippen molar-refractivity contribution in [3.8, 4) is 11.1 Å². The molecule has 1 fully saturated rings. The molecule has 2 aromatic carbocycles. The summed E-state index contributed by atoms with van der Waals surface area (Å²) in [6, 6.07) is 17.9. The van der Waals surface area contributed by atoms with Gasteiger partial charge in [0.15, 0.2) is 0 Å². The maximum Gasteiger partial charge on any atom is 0.293 e. The van der Waals surface area contributed by atoms with E-state index in [-0.39, 0.29) is 12.0 Å². The third-order valence-corrected chi connectivity index (χ3v) is 8.33. The monoisotopic (exact) mass is 485 g/mol. The van der Waals surface area contributed by atoms with Gasteiger partial charge in [-0.2, -0.15) is 0 Å². The van der Waals surface area contributed by atoms with E-state index in [1.807, 2.05) is 12.3 Å². The zero-order valence-corrected chi connectivity index (χ0v) is 21.9. The molecule has 3 aromatic rings. The van der Waals surface area contributed by atoms with Crippen molar-refractivity contribution in [2.45, 2.75) is 89.8 Å². The Balaban J connectivity index is 1.57. The lowest BCUT2D eigenvalue weighted by Gasteiger charge is -2.34. The number of hydrogen-bond acceptors (Lipinski definition) is 4. The summed E-state index contributed by atoms with van der Waals surface area (Å²) in [7, 11) is 0. The van der Waals surface area contributed by atoms with Gasteiger partial charge in [0.25, 0.3) is 6.47 Å². The van der Waals surface area contributed by atoms with Crippen LogP contribution in [0.1, 0.15) is 86.6 Å². The topological polar surface area (TPSA) is 59.4 Å². The number of carbonyl (C=O) groups excluding carboxylic acids is 1. The SMILES string of the molecule is CCC(CC)(c1ccc(CCC2(O)CCCC2)cc1)c1ccc(-c2cncc(COC=O)c2)c(C)c1. The number of carbonyl (C=O) groups is 1. The smallest absolute Gasteiger partial charge is 0.293 e. The first-order chi connectivity index (χ1) is 17.4. The van der Waals surface area contributed by atoms with Crippen molar-refractivity contribution in [3.05, 3.63) is 88.7 Å². The predicted molar refractivity (Wildman–Crippen MR) is 145 cm³/mol. The second kappa shape index (κ2) is 11.4. The average molecular weight is 486 g/mol. The van der Waals surface area contributed by atoms with Crippen LogP contribution in [0.4, 0.5) is 0 Å². The van der Waals surface area contributed by atoms with Crippen molar-refractivity contribution in [1.29, 1.82) is 0 Å². The number of aryl methyl sites for hydroxylation is 2. The van der Waals surface area contributed by atoms with Crippen molar-refractivity contribution >= 4 is 6.47 Å². The highest BCUT2D eigenvalue weighted by Crippen LogP contribution is 2.41. The van der Waals surface area contributed by atoms with E-state index in [9.17, 15) is 9.90 Å². The van der Waals surface area contributed by atoms with Crippen molar-refractivity contribution < 1.29 is 14.6 Å². The molecule has 1 aliphatic carbocycles. The molecule has 1 N–H and O–H groups in total. The molecule has 0 saturated heterocycles. The second-order valence-corrected chi connectivity index (χ2v) is 10.4. The molecule has 0 aliphatic heterocycles. The van der Waals surface area contributed by atoms with Gasteiger partial charge in [0.2, 0.25) is 0 Å². The fourth-order valence-corrected chi connectivity index (χ4v) is 6.01. The predicted octanol–water partition coefficient (Wildman–Crippen LogP) is 7.07. The summed E-state index contributed by atoms with van der Waals surface area (Å²) in [6.45, 7) is 7.40. The summed E-state index contributed by atoms with van der Waals surface area (Å²) >= 11 is 0. The summed E-state index contributed by atoms with van der Waals surface area (Å²) in [6.07, 6.45) is 11.6. The van der Waals surface area contributed by atoms with Gasteiger partial charge in [-0.05, 0) is 79.3 Å². The minimum absolute atomic E-state index is 0.0522. The Labute approximate surface area is 215 Å². The Morgan fingerprint density at radius 1 is 0.972 bits per heavy atom. The molecular weight excluding hydrogens is 446 g/mol. The lowest BCUT2D eigenvalue weighted by Crippen LogP contribution is -2.26. The van der Waals surface area contributed by atoms with Crippen LogP contribution in [0.2, 0.25) is 0 Å². The van der Waals surface area contributed by atoms with Crippen molar-refractivity contribution in [1.82, 2.24) is 4.98 Å². The van der Waals surface area contributed by atoms with E-state index in [2.05, 4.69) is 68.2 Å². The third kappa shape index (κ3) is 5.54. The van der Waals surface area contributed by atoms with E-state index in [1.165, 1.54) is 22.3 Å². The van der Waals surface area contributed by atoms with E-state index in [0.717, 1.165) is 68.1 Å². The number of hydrogen-bond donors (Lipinski definition) is 1. The number of nitrogens with zero attached hydrogens (tertiary/aromatic N) is 1. The Morgan fingerprint density at radius 2 is 1.67 bits per heavy atom. The number of ether oxygens (including phenoxy) is 1. The van der Waals surface area contributed by atoms with Gasteiger partial charge in [-0.15, -0.1) is 0 Å². The Kier molecular flexibility index (Phi) is 8.25. The number of aliphatic hydroxyl groups is 1. The van der Waals surface area contributed by atoms with Crippen molar-refractivity contribution in [3.63, 3.8) is 0 Å². The largest absolute Gasteiger partial charge is 0.463 e. The van der Waals surface area contributed by atoms with Gasteiger partial charge >= 0.3 is 0 Å². The second-order valence-electron chi connectivity index (χ2n) is 10.4. The molecule has 0 amide bonds. The fraction of sp³-hybridized carbons (Fsp3) is 0.438. The molecule has 1 heterocycles. The zero-order chi connectivity index (χ0) is 25.6. The summed E-state index contributed by atoms with van der Waals surface area (Å²) in [4.78, 5) is 14.9. The molecule has 0 spiro atoms. The summed E-state index contributed by atoms with van der Waals surface area (Å²) in [5.41, 5.74) is 7.72. The van der Waals surface area contributed by atoms with Crippen molar-refractivity contribution in [2.75, 3.05) is 0 Å². The van der Waals surface area contributed by atoms with Gasteiger partial charge in [-0.3, -0.25) is 9.78 Å². The highest BCUT2D eigenvalue weighted by Gasteiger charge is 2.32. The minimum atomic E-state index is -0.453. The van der Waals surface area contributed by atoms with Crippen LogP contribution in [-0.2, 0) is 28.0 Å². The molecule has 0 radical (unpaired) electrons. The van der Waals surface area contributed by atoms with Crippen molar-refractivity contribution in [2.24, 2.45) is 0 Å².